The van der Waals surface area contributed by atoms with Gasteiger partial charge >= 0.3 is 6.18 Å². The van der Waals surface area contributed by atoms with E-state index in [9.17, 15) is 32.3 Å². The number of halogens is 3. The van der Waals surface area contributed by atoms with E-state index < -0.39 is 28.5 Å². The number of hydrogen-bond donors (Lipinski definition) is 3. The smallest absolute Gasteiger partial charge is 0.378 e. The van der Waals surface area contributed by atoms with Crippen LogP contribution >= 0.6 is 12.6 Å². The molecular weight excluding hydrogens is 762 g/mol. The predicted molar refractivity (Wildman–Crippen MR) is 209 cm³/mol. The van der Waals surface area contributed by atoms with Gasteiger partial charge in [-0.05, 0) is 90.0 Å². The van der Waals surface area contributed by atoms with E-state index >= 15 is 0 Å². The van der Waals surface area contributed by atoms with Gasteiger partial charge in [-0.1, -0.05) is 12.1 Å². The average Bonchev–Trinajstić information content (AvgIpc) is 3.33. The summed E-state index contributed by atoms with van der Waals surface area (Å²) in [6.07, 6.45) is 1.06. The molecule has 0 spiro atoms. The second-order valence-corrected chi connectivity index (χ2v) is 16.6. The fourth-order valence-electron chi connectivity index (χ4n) is 8.87. The van der Waals surface area contributed by atoms with Crippen LogP contribution in [0.1, 0.15) is 95.4 Å². The minimum atomic E-state index is -4.80. The van der Waals surface area contributed by atoms with Crippen LogP contribution in [0.15, 0.2) is 36.5 Å². The number of carbonyl (C=O) groups excluding carboxylic acids is 4. The first kappa shape index (κ1) is 42.5. The van der Waals surface area contributed by atoms with Crippen molar-refractivity contribution in [2.75, 3.05) is 43.0 Å². The molecule has 2 N–H and O–H groups in total. The van der Waals surface area contributed by atoms with Gasteiger partial charge in [0, 0.05) is 56.5 Å². The van der Waals surface area contributed by atoms with Crippen molar-refractivity contribution in [3.63, 3.8) is 0 Å². The van der Waals surface area contributed by atoms with Crippen LogP contribution in [-0.2, 0) is 30.1 Å². The summed E-state index contributed by atoms with van der Waals surface area (Å²) in [5, 5.41) is 14.5. The SMILES string of the molecule is C[C@@H]1CN(CCCOC2CCC(N3C(S)N(c4cnc(C#N)c(C(F)(F)F)c4)C(=O)C3(C)C)CC2)C[C@H](C)N1CC(=O)Nc1ccc(C2CCC(=O)NC2=O)cc1. The molecule has 17 heteroatoms. The zero-order valence-electron chi connectivity index (χ0n) is 32.7. The maximum Gasteiger partial charge on any atom is 0.419 e. The van der Waals surface area contributed by atoms with Gasteiger partial charge < -0.3 is 15.0 Å². The number of amides is 4. The summed E-state index contributed by atoms with van der Waals surface area (Å²) < 4.78 is 47.4. The van der Waals surface area contributed by atoms with Crippen LogP contribution in [0.5, 0.6) is 0 Å². The Hall–Kier alpha value is -4.08. The topological polar surface area (TPSA) is 151 Å². The second kappa shape index (κ2) is 17.4. The Morgan fingerprint density at radius 3 is 2.35 bits per heavy atom. The quantitative estimate of drug-likeness (QED) is 0.163. The molecule has 3 saturated heterocycles. The summed E-state index contributed by atoms with van der Waals surface area (Å²) in [5.41, 5.74) is -2.36. The van der Waals surface area contributed by atoms with E-state index in [1.165, 1.54) is 11.0 Å². The molecule has 1 saturated carbocycles. The van der Waals surface area contributed by atoms with Gasteiger partial charge in [0.2, 0.25) is 23.6 Å². The minimum Gasteiger partial charge on any atom is -0.378 e. The molecule has 2 aromatic rings. The summed E-state index contributed by atoms with van der Waals surface area (Å²) in [6.45, 7) is 11.2. The second-order valence-electron chi connectivity index (χ2n) is 16.1. The summed E-state index contributed by atoms with van der Waals surface area (Å²) in [5.74, 6) is -1.41. The molecule has 6 rings (SSSR count). The number of hydrogen-bond acceptors (Lipinski definition) is 11. The zero-order valence-corrected chi connectivity index (χ0v) is 33.6. The number of alkyl halides is 3. The molecule has 1 aromatic carbocycles. The highest BCUT2D eigenvalue weighted by Crippen LogP contribution is 2.43. The lowest BCUT2D eigenvalue weighted by Gasteiger charge is -2.44. The van der Waals surface area contributed by atoms with Crippen molar-refractivity contribution in [1.82, 2.24) is 25.0 Å². The zero-order chi connectivity index (χ0) is 41.2. The first-order valence-corrected chi connectivity index (χ1v) is 20.1. The third-order valence-corrected chi connectivity index (χ3v) is 12.3. The number of imide groups is 1. The number of piperidine rings is 1. The lowest BCUT2D eigenvalue weighted by atomic mass is 9.89. The number of rotatable bonds is 11. The number of anilines is 2. The van der Waals surface area contributed by atoms with E-state index in [2.05, 4.69) is 39.3 Å². The third-order valence-electron chi connectivity index (χ3n) is 11.8. The fourth-order valence-corrected chi connectivity index (χ4v) is 9.59. The van der Waals surface area contributed by atoms with Gasteiger partial charge in [0.25, 0.3) is 0 Å². The molecule has 4 fully saturated rings. The number of thiol groups is 1. The van der Waals surface area contributed by atoms with Crippen LogP contribution < -0.4 is 15.5 Å². The normalized spacial score (nSPS) is 27.6. The van der Waals surface area contributed by atoms with Crippen LogP contribution in [0.2, 0.25) is 0 Å². The summed E-state index contributed by atoms with van der Waals surface area (Å²) >= 11 is 4.73. The van der Waals surface area contributed by atoms with Crippen LogP contribution in [0, 0.1) is 11.3 Å². The van der Waals surface area contributed by atoms with Gasteiger partial charge in [0.05, 0.1) is 41.6 Å². The largest absolute Gasteiger partial charge is 0.419 e. The van der Waals surface area contributed by atoms with Crippen molar-refractivity contribution >= 4 is 47.6 Å². The number of nitriles is 1. The summed E-state index contributed by atoms with van der Waals surface area (Å²) in [7, 11) is 0. The molecule has 0 radical (unpaired) electrons. The lowest BCUT2D eigenvalue weighted by Crippen LogP contribution is -2.58. The van der Waals surface area contributed by atoms with E-state index in [0.717, 1.165) is 69.6 Å². The molecule has 2 unspecified atom stereocenters. The standard InChI is InChI=1S/C40H51F3N8O5S/c1-24-21-48(22-25(2)49(24)23-35(53)46-27-8-6-26(7-9-27)31-14-15-34(52)47-36(31)54)16-5-17-56-30-12-10-28(11-13-30)51-38(57)50(37(55)39(51,3)4)29-18-32(40(41,42)43)33(19-44)45-20-29/h6-9,18,20,24-25,28,30-31,38,57H,5,10-17,21-23H2,1-4H3,(H,46,53)(H,47,52,54)/t24-,25+,28?,30?,31?,38?. The average molecular weight is 813 g/mol. The number of aromatic nitrogens is 1. The molecular formula is C40H51F3N8O5S. The Bertz CT molecular complexity index is 1850. The Kier molecular flexibility index (Phi) is 13.0. The van der Waals surface area contributed by atoms with E-state index in [4.69, 9.17) is 22.6 Å². The van der Waals surface area contributed by atoms with Crippen LogP contribution in [-0.4, -0.2) is 111 Å². The van der Waals surface area contributed by atoms with Crippen molar-refractivity contribution in [2.45, 2.75) is 120 Å². The van der Waals surface area contributed by atoms with E-state index in [0.29, 0.717) is 25.1 Å². The highest BCUT2D eigenvalue weighted by molar-refractivity contribution is 7.81. The minimum absolute atomic E-state index is 0.0309. The van der Waals surface area contributed by atoms with Gasteiger partial charge in [-0.15, -0.1) is 12.6 Å². The van der Waals surface area contributed by atoms with Crippen molar-refractivity contribution in [2.24, 2.45) is 0 Å². The Morgan fingerprint density at radius 1 is 1.07 bits per heavy atom. The molecule has 308 valence electrons. The number of pyridine rings is 1. The number of nitrogens with one attached hydrogen (secondary N) is 2. The van der Waals surface area contributed by atoms with Gasteiger partial charge in [0.15, 0.2) is 5.69 Å². The monoisotopic (exact) mass is 812 g/mol. The molecule has 1 aliphatic carbocycles. The number of piperazine rings is 1. The molecule has 4 aliphatic rings. The maximum atomic E-state index is 13.7. The first-order valence-electron chi connectivity index (χ1n) is 19.6. The summed E-state index contributed by atoms with van der Waals surface area (Å²) in [6, 6.07) is 9.79. The Balaban J connectivity index is 0.917. The molecule has 57 heavy (non-hydrogen) atoms. The Morgan fingerprint density at radius 2 is 1.74 bits per heavy atom. The summed E-state index contributed by atoms with van der Waals surface area (Å²) in [4.78, 5) is 61.9. The first-order chi connectivity index (χ1) is 27.0. The molecule has 4 atom stereocenters. The third kappa shape index (κ3) is 9.46. The van der Waals surface area contributed by atoms with E-state index in [1.807, 2.05) is 17.0 Å². The molecule has 4 amide bonds. The van der Waals surface area contributed by atoms with Gasteiger partial charge in [-0.25, -0.2) is 4.98 Å². The van der Waals surface area contributed by atoms with Crippen LogP contribution in [0.3, 0.4) is 0 Å². The van der Waals surface area contributed by atoms with Crippen molar-refractivity contribution in [3.05, 3.63) is 53.3 Å². The highest BCUT2D eigenvalue weighted by atomic mass is 32.1. The van der Waals surface area contributed by atoms with Gasteiger partial charge in [-0.2, -0.15) is 18.4 Å². The molecule has 4 heterocycles. The van der Waals surface area contributed by atoms with Crippen molar-refractivity contribution < 1.29 is 37.1 Å². The predicted octanol–water partition coefficient (Wildman–Crippen LogP) is 4.88. The van der Waals surface area contributed by atoms with Crippen LogP contribution in [0.25, 0.3) is 0 Å². The van der Waals surface area contributed by atoms with Crippen molar-refractivity contribution in [3.8, 4) is 6.07 Å². The van der Waals surface area contributed by atoms with Gasteiger partial charge in [-0.3, -0.25) is 39.2 Å². The molecule has 1 aromatic heterocycles. The van der Waals surface area contributed by atoms with Crippen LogP contribution in [0.4, 0.5) is 24.5 Å². The lowest BCUT2D eigenvalue weighted by molar-refractivity contribution is -0.138. The number of nitrogens with zero attached hydrogens (tertiary/aromatic N) is 6. The molecule has 0 bridgehead atoms. The molecule has 3 aliphatic heterocycles. The van der Waals surface area contributed by atoms with E-state index in [-0.39, 0.29) is 66.0 Å². The molecule has 13 nitrogen and oxygen atoms in total. The van der Waals surface area contributed by atoms with Gasteiger partial charge in [0.1, 0.15) is 11.6 Å². The Labute approximate surface area is 336 Å². The fraction of sp³-hybridized carbons (Fsp3) is 0.600. The van der Waals surface area contributed by atoms with E-state index in [1.54, 1.807) is 26.0 Å². The number of carbonyl (C=O) groups is 4. The number of benzene rings is 1. The number of ether oxygens (including phenoxy) is 1. The van der Waals surface area contributed by atoms with Crippen molar-refractivity contribution in [1.29, 1.82) is 5.26 Å². The highest BCUT2D eigenvalue weighted by Gasteiger charge is 2.54. The maximum absolute atomic E-state index is 13.7.